The minimum atomic E-state index is -0.974. The molecule has 1 aliphatic heterocycles. The molecule has 114 valence electrons. The van der Waals surface area contributed by atoms with Crippen LogP contribution in [0.15, 0.2) is 0 Å². The fraction of sp³-hybridized carbons (Fsp3) is 0.857. The Hall–Kier alpha value is -1.14. The monoisotopic (exact) mass is 283 g/mol. The Balaban J connectivity index is 1.96. The molecule has 0 bridgehead atoms. The smallest absolute Gasteiger partial charge is 0.240 e. The molecule has 6 heteroatoms. The third-order valence-corrected chi connectivity index (χ3v) is 4.86. The summed E-state index contributed by atoms with van der Waals surface area (Å²) in [6.07, 6.45) is 3.58. The molecule has 2 fully saturated rings. The minimum absolute atomic E-state index is 0.0553. The maximum atomic E-state index is 12.5. The van der Waals surface area contributed by atoms with E-state index in [4.69, 9.17) is 16.6 Å². The number of aliphatic hydroxyl groups is 1. The van der Waals surface area contributed by atoms with Gasteiger partial charge < -0.3 is 21.5 Å². The van der Waals surface area contributed by atoms with Crippen LogP contribution in [0.3, 0.4) is 0 Å². The van der Waals surface area contributed by atoms with Crippen molar-refractivity contribution in [2.45, 2.75) is 57.7 Å². The van der Waals surface area contributed by atoms with Gasteiger partial charge in [0.15, 0.2) is 0 Å². The Morgan fingerprint density at radius 3 is 2.50 bits per heavy atom. The number of rotatable bonds is 5. The topological polar surface area (TPSA) is 110 Å². The molecule has 2 aliphatic rings. The Morgan fingerprint density at radius 2 is 2.05 bits per heavy atom. The van der Waals surface area contributed by atoms with Crippen molar-refractivity contribution in [2.75, 3.05) is 6.54 Å². The van der Waals surface area contributed by atoms with Crippen molar-refractivity contribution in [2.24, 2.45) is 22.8 Å². The predicted molar refractivity (Wildman–Crippen MR) is 74.2 cm³/mol. The number of nitrogens with zero attached hydrogens (tertiary/aromatic N) is 1. The van der Waals surface area contributed by atoms with E-state index < -0.39 is 18.2 Å². The van der Waals surface area contributed by atoms with Crippen LogP contribution in [0.25, 0.3) is 0 Å². The van der Waals surface area contributed by atoms with E-state index in [1.54, 1.807) is 4.90 Å². The fourth-order valence-electron chi connectivity index (χ4n) is 3.40. The van der Waals surface area contributed by atoms with Crippen LogP contribution < -0.4 is 11.5 Å². The van der Waals surface area contributed by atoms with Crippen LogP contribution in [-0.2, 0) is 9.59 Å². The Morgan fingerprint density at radius 1 is 1.45 bits per heavy atom. The summed E-state index contributed by atoms with van der Waals surface area (Å²) in [7, 11) is 0. The van der Waals surface area contributed by atoms with Gasteiger partial charge in [-0.1, -0.05) is 6.92 Å². The van der Waals surface area contributed by atoms with Crippen LogP contribution in [0.4, 0.5) is 0 Å². The number of hydrogen-bond donors (Lipinski definition) is 3. The summed E-state index contributed by atoms with van der Waals surface area (Å²) in [6, 6.07) is -0.634. The Bertz CT molecular complexity index is 389. The lowest BCUT2D eigenvalue weighted by Crippen LogP contribution is -2.67. The van der Waals surface area contributed by atoms with Gasteiger partial charge in [0.1, 0.15) is 12.3 Å². The van der Waals surface area contributed by atoms with Gasteiger partial charge in [-0.05, 0) is 44.4 Å². The summed E-state index contributed by atoms with van der Waals surface area (Å²) in [5.74, 6) is 0.222. The molecule has 0 aromatic carbocycles. The molecule has 2 rings (SSSR count). The largest absolute Gasteiger partial charge is 0.379 e. The molecule has 1 spiro atoms. The van der Waals surface area contributed by atoms with Crippen molar-refractivity contribution in [1.29, 1.82) is 0 Å². The van der Waals surface area contributed by atoms with Gasteiger partial charge in [0.25, 0.3) is 0 Å². The zero-order valence-electron chi connectivity index (χ0n) is 12.0. The molecule has 1 saturated heterocycles. The highest BCUT2D eigenvalue weighted by Crippen LogP contribution is 2.47. The normalized spacial score (nSPS) is 32.9. The fourth-order valence-corrected chi connectivity index (χ4v) is 3.40. The van der Waals surface area contributed by atoms with Gasteiger partial charge >= 0.3 is 0 Å². The van der Waals surface area contributed by atoms with E-state index in [2.05, 4.69) is 6.92 Å². The molecule has 0 aromatic rings. The zero-order valence-corrected chi connectivity index (χ0v) is 12.0. The van der Waals surface area contributed by atoms with Gasteiger partial charge in [0.05, 0.1) is 5.41 Å². The third kappa shape index (κ3) is 2.81. The summed E-state index contributed by atoms with van der Waals surface area (Å²) in [5.41, 5.74) is 10.4. The second-order valence-corrected chi connectivity index (χ2v) is 6.46. The Kier molecular flexibility index (Phi) is 4.34. The summed E-state index contributed by atoms with van der Waals surface area (Å²) >= 11 is 0. The molecule has 1 aliphatic carbocycles. The highest BCUT2D eigenvalue weighted by molar-refractivity contribution is 5.94. The van der Waals surface area contributed by atoms with Crippen LogP contribution in [0, 0.1) is 11.3 Å². The molecular weight excluding hydrogens is 258 g/mol. The van der Waals surface area contributed by atoms with Crippen LogP contribution in [0.5, 0.6) is 0 Å². The highest BCUT2D eigenvalue weighted by atomic mass is 16.3. The molecular formula is C14H25N3O3. The standard InChI is InChI=1S/C14H25N3O3/c1-9-4-6-14(7-5-9)8-17(13(14)20)10(12(16)19)2-3-11(15)18/h9-11,18H,2-8,15H2,1H3,(H2,16,19). The lowest BCUT2D eigenvalue weighted by atomic mass is 9.65. The van der Waals surface area contributed by atoms with Crippen LogP contribution >= 0.6 is 0 Å². The first-order chi connectivity index (χ1) is 9.35. The van der Waals surface area contributed by atoms with Crippen LogP contribution in [-0.4, -0.2) is 40.6 Å². The van der Waals surface area contributed by atoms with Crippen molar-refractivity contribution in [3.63, 3.8) is 0 Å². The second kappa shape index (κ2) is 5.69. The number of carbonyl (C=O) groups is 2. The SMILES string of the molecule is CC1CCC2(CC1)CN(C(CCC(N)O)C(N)=O)C2=O. The highest BCUT2D eigenvalue weighted by Gasteiger charge is 2.55. The van der Waals surface area contributed by atoms with E-state index in [0.717, 1.165) is 25.7 Å². The zero-order chi connectivity index (χ0) is 14.9. The third-order valence-electron chi connectivity index (χ3n) is 4.86. The van der Waals surface area contributed by atoms with E-state index in [0.29, 0.717) is 18.9 Å². The van der Waals surface area contributed by atoms with Crippen LogP contribution in [0.1, 0.15) is 45.4 Å². The van der Waals surface area contributed by atoms with E-state index in [1.165, 1.54) is 0 Å². The van der Waals surface area contributed by atoms with E-state index >= 15 is 0 Å². The van der Waals surface area contributed by atoms with Gasteiger partial charge in [-0.2, -0.15) is 0 Å². The lowest BCUT2D eigenvalue weighted by molar-refractivity contribution is -0.171. The molecule has 5 N–H and O–H groups in total. The number of aliphatic hydroxyl groups excluding tert-OH is 1. The molecule has 0 radical (unpaired) electrons. The molecule has 20 heavy (non-hydrogen) atoms. The summed E-state index contributed by atoms with van der Waals surface area (Å²) in [5, 5.41) is 9.12. The number of carbonyl (C=O) groups excluding carboxylic acids is 2. The average Bonchev–Trinajstić information content (AvgIpc) is 2.39. The average molecular weight is 283 g/mol. The summed E-state index contributed by atoms with van der Waals surface area (Å²) < 4.78 is 0. The van der Waals surface area contributed by atoms with E-state index in [-0.39, 0.29) is 17.7 Å². The van der Waals surface area contributed by atoms with E-state index in [1.807, 2.05) is 0 Å². The van der Waals surface area contributed by atoms with Gasteiger partial charge in [-0.3, -0.25) is 9.59 Å². The molecule has 2 atom stereocenters. The summed E-state index contributed by atoms with van der Waals surface area (Å²) in [6.45, 7) is 2.83. The van der Waals surface area contributed by atoms with Gasteiger partial charge in [0.2, 0.25) is 11.8 Å². The van der Waals surface area contributed by atoms with Crippen molar-refractivity contribution >= 4 is 11.8 Å². The van der Waals surface area contributed by atoms with Crippen molar-refractivity contribution in [1.82, 2.24) is 4.90 Å². The first-order valence-corrected chi connectivity index (χ1v) is 7.40. The van der Waals surface area contributed by atoms with Gasteiger partial charge in [0, 0.05) is 6.54 Å². The first kappa shape index (κ1) is 15.3. The second-order valence-electron chi connectivity index (χ2n) is 6.46. The minimum Gasteiger partial charge on any atom is -0.379 e. The lowest BCUT2D eigenvalue weighted by Gasteiger charge is -2.53. The molecule has 1 saturated carbocycles. The number of primary amides is 1. The van der Waals surface area contributed by atoms with E-state index in [9.17, 15) is 9.59 Å². The van der Waals surface area contributed by atoms with Crippen LogP contribution in [0.2, 0.25) is 0 Å². The number of β-lactam (4-membered cyclic amide) rings is 1. The van der Waals surface area contributed by atoms with Crippen molar-refractivity contribution < 1.29 is 14.7 Å². The number of amides is 2. The maximum Gasteiger partial charge on any atom is 0.240 e. The molecule has 6 nitrogen and oxygen atoms in total. The molecule has 2 unspecified atom stereocenters. The number of nitrogens with two attached hydrogens (primary N) is 2. The molecule has 1 heterocycles. The van der Waals surface area contributed by atoms with Crippen molar-refractivity contribution in [3.05, 3.63) is 0 Å². The van der Waals surface area contributed by atoms with Gasteiger partial charge in [-0.25, -0.2) is 0 Å². The summed E-state index contributed by atoms with van der Waals surface area (Å²) in [4.78, 5) is 25.6. The first-order valence-electron chi connectivity index (χ1n) is 7.40. The van der Waals surface area contributed by atoms with Crippen molar-refractivity contribution in [3.8, 4) is 0 Å². The predicted octanol–water partition coefficient (Wildman–Crippen LogP) is -0.0637. The maximum absolute atomic E-state index is 12.5. The molecule has 0 aromatic heterocycles. The molecule has 2 amide bonds. The number of likely N-dealkylation sites (tertiary alicyclic amines) is 1. The Labute approximate surface area is 119 Å². The quantitative estimate of drug-likeness (QED) is 0.485. The van der Waals surface area contributed by atoms with Gasteiger partial charge in [-0.15, -0.1) is 0 Å². The number of hydrogen-bond acceptors (Lipinski definition) is 4.